The number of rotatable bonds is 6. The highest BCUT2D eigenvalue weighted by atomic mass is 16.5. The summed E-state index contributed by atoms with van der Waals surface area (Å²) in [5.41, 5.74) is 6.35. The van der Waals surface area contributed by atoms with Gasteiger partial charge >= 0.3 is 0 Å². The second-order valence-electron chi connectivity index (χ2n) is 10.1. The fourth-order valence-electron chi connectivity index (χ4n) is 5.84. The molecule has 6 heteroatoms. The van der Waals surface area contributed by atoms with Crippen LogP contribution in [-0.2, 0) is 24.3 Å². The lowest BCUT2D eigenvalue weighted by molar-refractivity contribution is -0.126. The summed E-state index contributed by atoms with van der Waals surface area (Å²) in [4.78, 5) is 27.1. The van der Waals surface area contributed by atoms with Crippen molar-refractivity contribution in [3.8, 4) is 5.75 Å². The van der Waals surface area contributed by atoms with Gasteiger partial charge in [0.25, 0.3) is 5.91 Å². The molecule has 2 heterocycles. The molecule has 1 saturated heterocycles. The summed E-state index contributed by atoms with van der Waals surface area (Å²) in [5, 5.41) is 6.51. The number of nitrogens with one attached hydrogen (secondary N) is 2. The summed E-state index contributed by atoms with van der Waals surface area (Å²) >= 11 is 0. The largest absolute Gasteiger partial charge is 0.489 e. The van der Waals surface area contributed by atoms with E-state index in [9.17, 15) is 9.59 Å². The fourth-order valence-corrected chi connectivity index (χ4v) is 5.84. The lowest BCUT2D eigenvalue weighted by atomic mass is 10.0. The molecule has 6 rings (SSSR count). The average molecular weight is 470 g/mol. The van der Waals surface area contributed by atoms with E-state index in [0.29, 0.717) is 31.0 Å². The normalized spacial score (nSPS) is 25.1. The first-order valence-corrected chi connectivity index (χ1v) is 12.7. The first-order chi connectivity index (χ1) is 17.0. The smallest absolute Gasteiger partial charge is 0.255 e. The van der Waals surface area contributed by atoms with Gasteiger partial charge in [-0.15, -0.1) is 0 Å². The zero-order valence-electron chi connectivity index (χ0n) is 19.9. The van der Waals surface area contributed by atoms with Gasteiger partial charge in [-0.2, -0.15) is 0 Å². The summed E-state index contributed by atoms with van der Waals surface area (Å²) in [7, 11) is 0. The molecule has 2 amide bonds. The summed E-state index contributed by atoms with van der Waals surface area (Å²) in [6.07, 6.45) is 10.1. The standard InChI is InChI=1S/C29H31N3O3/c1-18-8-13-26(28(33)31-18)32-17-22-15-23(11-12-24(22)29(32)34)35-27-7-3-6-25(27)30-16-19-9-10-20-4-2-5-21(20)14-19/h2,5,9-12,14-15,25-27,30H,1,3-4,6-8,13,16-17H2,(H,31,33)/t25-,26?,27+/m1/s1. The van der Waals surface area contributed by atoms with E-state index in [2.05, 4.69) is 47.6 Å². The number of hydrogen-bond acceptors (Lipinski definition) is 4. The van der Waals surface area contributed by atoms with E-state index in [-0.39, 0.29) is 17.9 Å². The Hall–Kier alpha value is -3.38. The first-order valence-electron chi connectivity index (χ1n) is 12.7. The lowest BCUT2D eigenvalue weighted by Crippen LogP contribution is -2.49. The maximum Gasteiger partial charge on any atom is 0.255 e. The number of hydrogen-bond donors (Lipinski definition) is 2. The van der Waals surface area contributed by atoms with E-state index in [1.807, 2.05) is 18.2 Å². The molecular weight excluding hydrogens is 438 g/mol. The third kappa shape index (κ3) is 4.27. The Morgan fingerprint density at radius 3 is 2.89 bits per heavy atom. The van der Waals surface area contributed by atoms with Crippen LogP contribution in [0.3, 0.4) is 0 Å². The van der Waals surface area contributed by atoms with Gasteiger partial charge in [-0.05, 0) is 79.0 Å². The highest BCUT2D eigenvalue weighted by Gasteiger charge is 2.38. The molecule has 1 saturated carbocycles. The predicted molar refractivity (Wildman–Crippen MR) is 135 cm³/mol. The Kier molecular flexibility index (Phi) is 5.69. The Labute approximate surface area is 206 Å². The number of piperidine rings is 1. The minimum absolute atomic E-state index is 0.0798. The Morgan fingerprint density at radius 1 is 1.09 bits per heavy atom. The van der Waals surface area contributed by atoms with Crippen molar-refractivity contribution < 1.29 is 14.3 Å². The summed E-state index contributed by atoms with van der Waals surface area (Å²) in [5.74, 6) is 0.572. The van der Waals surface area contributed by atoms with Crippen LogP contribution in [0.25, 0.3) is 6.08 Å². The minimum atomic E-state index is -0.442. The van der Waals surface area contributed by atoms with Crippen LogP contribution in [-0.4, -0.2) is 34.9 Å². The molecule has 0 spiro atoms. The van der Waals surface area contributed by atoms with Gasteiger partial charge in [0.2, 0.25) is 5.91 Å². The van der Waals surface area contributed by atoms with Crippen molar-refractivity contribution in [1.82, 2.24) is 15.5 Å². The predicted octanol–water partition coefficient (Wildman–Crippen LogP) is 4.09. The van der Waals surface area contributed by atoms with Crippen LogP contribution in [0.1, 0.15) is 64.7 Å². The highest BCUT2D eigenvalue weighted by Crippen LogP contribution is 2.32. The quantitative estimate of drug-likeness (QED) is 0.669. The van der Waals surface area contributed by atoms with Crippen molar-refractivity contribution in [2.45, 2.75) is 69.8 Å². The van der Waals surface area contributed by atoms with Gasteiger partial charge in [-0.3, -0.25) is 9.59 Å². The molecular formula is C29H31N3O3. The van der Waals surface area contributed by atoms with Gasteiger partial charge < -0.3 is 20.3 Å². The lowest BCUT2D eigenvalue weighted by Gasteiger charge is -2.30. The van der Waals surface area contributed by atoms with Crippen molar-refractivity contribution in [2.24, 2.45) is 0 Å². The molecule has 1 unspecified atom stereocenters. The van der Waals surface area contributed by atoms with Crippen molar-refractivity contribution in [3.63, 3.8) is 0 Å². The molecule has 2 aromatic carbocycles. The Bertz CT molecular complexity index is 1230. The zero-order valence-corrected chi connectivity index (χ0v) is 19.9. The molecule has 0 bridgehead atoms. The molecule has 0 aromatic heterocycles. The molecule has 2 N–H and O–H groups in total. The SMILES string of the molecule is C=C1CCC(N2Cc3cc(O[C@H]4CCC[C@H]4NCc4ccc5c(c4)C=CC5)ccc3C2=O)C(=O)N1. The number of carbonyl (C=O) groups is 2. The summed E-state index contributed by atoms with van der Waals surface area (Å²) in [6, 6.07) is 12.3. The van der Waals surface area contributed by atoms with Crippen LogP contribution in [0.2, 0.25) is 0 Å². The molecule has 2 aliphatic carbocycles. The number of fused-ring (bicyclic) bond motifs is 2. The monoisotopic (exact) mass is 469 g/mol. The first kappa shape index (κ1) is 22.1. The molecule has 2 aromatic rings. The van der Waals surface area contributed by atoms with Crippen LogP contribution in [0.5, 0.6) is 5.75 Å². The van der Waals surface area contributed by atoms with Gasteiger partial charge in [0.1, 0.15) is 17.9 Å². The second kappa shape index (κ2) is 9.00. The van der Waals surface area contributed by atoms with Gasteiger partial charge in [0.05, 0.1) is 0 Å². The van der Waals surface area contributed by atoms with Gasteiger partial charge in [-0.1, -0.05) is 36.9 Å². The molecule has 4 aliphatic rings. The maximum absolute atomic E-state index is 13.0. The third-order valence-electron chi connectivity index (χ3n) is 7.76. The zero-order chi connectivity index (χ0) is 23.9. The summed E-state index contributed by atoms with van der Waals surface area (Å²) < 4.78 is 6.43. The minimum Gasteiger partial charge on any atom is -0.489 e. The van der Waals surface area contributed by atoms with E-state index >= 15 is 0 Å². The van der Waals surface area contributed by atoms with Crippen LogP contribution in [0.15, 0.2) is 54.8 Å². The number of nitrogens with zero attached hydrogens (tertiary/aromatic N) is 1. The van der Waals surface area contributed by atoms with Crippen molar-refractivity contribution >= 4 is 17.9 Å². The molecule has 6 nitrogen and oxygen atoms in total. The van der Waals surface area contributed by atoms with Gasteiger partial charge in [0.15, 0.2) is 0 Å². The fraction of sp³-hybridized carbons (Fsp3) is 0.379. The van der Waals surface area contributed by atoms with Crippen LogP contribution < -0.4 is 15.4 Å². The molecule has 0 radical (unpaired) electrons. The molecule has 2 aliphatic heterocycles. The number of ether oxygens (including phenoxy) is 1. The maximum atomic E-state index is 13.0. The molecule has 180 valence electrons. The Balaban J connectivity index is 1.10. The van der Waals surface area contributed by atoms with E-state index in [1.54, 1.807) is 4.90 Å². The average Bonchev–Trinajstić information content (AvgIpc) is 3.57. The number of allylic oxidation sites excluding steroid dienone is 2. The van der Waals surface area contributed by atoms with E-state index in [0.717, 1.165) is 49.2 Å². The van der Waals surface area contributed by atoms with Crippen LogP contribution in [0, 0.1) is 0 Å². The van der Waals surface area contributed by atoms with Gasteiger partial charge in [-0.25, -0.2) is 0 Å². The molecule has 2 fully saturated rings. The van der Waals surface area contributed by atoms with E-state index in [4.69, 9.17) is 4.74 Å². The topological polar surface area (TPSA) is 70.7 Å². The number of carbonyl (C=O) groups excluding carboxylic acids is 2. The highest BCUT2D eigenvalue weighted by molar-refractivity contribution is 6.01. The van der Waals surface area contributed by atoms with E-state index < -0.39 is 6.04 Å². The number of amides is 2. The second-order valence-corrected chi connectivity index (χ2v) is 10.1. The van der Waals surface area contributed by atoms with Crippen molar-refractivity contribution in [1.29, 1.82) is 0 Å². The van der Waals surface area contributed by atoms with Crippen LogP contribution >= 0.6 is 0 Å². The molecule has 35 heavy (non-hydrogen) atoms. The third-order valence-corrected chi connectivity index (χ3v) is 7.76. The van der Waals surface area contributed by atoms with E-state index in [1.165, 1.54) is 16.7 Å². The molecule has 3 atom stereocenters. The Morgan fingerprint density at radius 2 is 2.00 bits per heavy atom. The van der Waals surface area contributed by atoms with Crippen LogP contribution in [0.4, 0.5) is 0 Å². The number of benzene rings is 2. The summed E-state index contributed by atoms with van der Waals surface area (Å²) in [6.45, 7) is 5.10. The van der Waals surface area contributed by atoms with Gasteiger partial charge in [0, 0.05) is 30.4 Å². The van der Waals surface area contributed by atoms with Crippen molar-refractivity contribution in [2.75, 3.05) is 0 Å². The van der Waals surface area contributed by atoms with Crippen molar-refractivity contribution in [3.05, 3.63) is 82.6 Å².